The molecule has 4 rings (SSSR count). The van der Waals surface area contributed by atoms with Crippen LogP contribution in [0.3, 0.4) is 0 Å². The summed E-state index contributed by atoms with van der Waals surface area (Å²) in [6.45, 7) is 3.93. The zero-order chi connectivity index (χ0) is 24.9. The Bertz CT molecular complexity index is 1060. The first-order chi connectivity index (χ1) is 16.9. The highest BCUT2D eigenvalue weighted by atomic mass is 19.1. The van der Waals surface area contributed by atoms with Crippen LogP contribution in [-0.4, -0.2) is 68.1 Å². The third-order valence-electron chi connectivity index (χ3n) is 7.19. The fourth-order valence-corrected chi connectivity index (χ4v) is 5.19. The molecule has 8 heteroatoms. The molecule has 35 heavy (non-hydrogen) atoms. The van der Waals surface area contributed by atoms with E-state index in [9.17, 15) is 14.0 Å². The van der Waals surface area contributed by atoms with Gasteiger partial charge in [-0.2, -0.15) is 0 Å². The van der Waals surface area contributed by atoms with Gasteiger partial charge in [0.1, 0.15) is 17.3 Å². The molecule has 1 aliphatic heterocycles. The lowest BCUT2D eigenvalue weighted by molar-refractivity contribution is -0.123. The maximum atomic E-state index is 14.0. The number of carbonyl (C=O) groups is 2. The third-order valence-corrected chi connectivity index (χ3v) is 7.19. The second-order valence-electron chi connectivity index (χ2n) is 9.34. The number of carbonyl (C=O) groups excluding carboxylic acids is 2. The van der Waals surface area contributed by atoms with E-state index in [1.807, 2.05) is 0 Å². The van der Waals surface area contributed by atoms with Crippen LogP contribution in [0.25, 0.3) is 0 Å². The number of rotatable bonds is 7. The van der Waals surface area contributed by atoms with Crippen LogP contribution < -0.4 is 14.8 Å². The lowest BCUT2D eigenvalue weighted by atomic mass is 9.94. The number of anilines is 1. The van der Waals surface area contributed by atoms with Crippen molar-refractivity contribution >= 4 is 17.5 Å². The summed E-state index contributed by atoms with van der Waals surface area (Å²) in [6.07, 6.45) is 4.23. The van der Waals surface area contributed by atoms with Gasteiger partial charge in [0.05, 0.1) is 25.8 Å². The zero-order valence-electron chi connectivity index (χ0n) is 20.7. The van der Waals surface area contributed by atoms with Crippen molar-refractivity contribution in [3.63, 3.8) is 0 Å². The summed E-state index contributed by atoms with van der Waals surface area (Å²) in [6, 6.07) is 9.67. The molecule has 2 amide bonds. The van der Waals surface area contributed by atoms with Crippen molar-refractivity contribution in [3.05, 3.63) is 53.3 Å². The molecule has 188 valence electrons. The van der Waals surface area contributed by atoms with Crippen LogP contribution in [0, 0.1) is 18.7 Å². The molecular formula is C27H34FN3O4. The molecule has 2 aliphatic rings. The first-order valence-electron chi connectivity index (χ1n) is 12.2. The average Bonchev–Trinajstić information content (AvgIpc) is 3.40. The average molecular weight is 484 g/mol. The van der Waals surface area contributed by atoms with Gasteiger partial charge in [0.15, 0.2) is 0 Å². The molecule has 1 saturated carbocycles. The van der Waals surface area contributed by atoms with Gasteiger partial charge in [-0.25, -0.2) is 4.39 Å². The number of nitrogens with one attached hydrogen (secondary N) is 1. The molecular weight excluding hydrogens is 449 g/mol. The second kappa shape index (κ2) is 11.1. The van der Waals surface area contributed by atoms with E-state index in [1.165, 1.54) is 13.2 Å². The lowest BCUT2D eigenvalue weighted by Gasteiger charge is -2.40. The normalized spacial score (nSPS) is 17.8. The van der Waals surface area contributed by atoms with Gasteiger partial charge in [-0.1, -0.05) is 18.9 Å². The van der Waals surface area contributed by atoms with Crippen LogP contribution in [0.1, 0.15) is 41.6 Å². The van der Waals surface area contributed by atoms with E-state index in [0.29, 0.717) is 54.5 Å². The van der Waals surface area contributed by atoms with Crippen molar-refractivity contribution in [2.24, 2.45) is 5.92 Å². The molecule has 7 nitrogen and oxygen atoms in total. The molecule has 0 radical (unpaired) electrons. The molecule has 1 N–H and O–H groups in total. The molecule has 1 saturated heterocycles. The maximum absolute atomic E-state index is 14.0. The number of nitrogens with zero attached hydrogens (tertiary/aromatic N) is 2. The van der Waals surface area contributed by atoms with Crippen LogP contribution in [0.15, 0.2) is 36.4 Å². The van der Waals surface area contributed by atoms with Crippen LogP contribution in [0.5, 0.6) is 11.5 Å². The van der Waals surface area contributed by atoms with Crippen LogP contribution in [-0.2, 0) is 4.79 Å². The largest absolute Gasteiger partial charge is 0.497 e. The minimum absolute atomic E-state index is 0.0962. The molecule has 1 atom stereocenters. The van der Waals surface area contributed by atoms with E-state index in [1.54, 1.807) is 49.3 Å². The topological polar surface area (TPSA) is 71.1 Å². The Kier molecular flexibility index (Phi) is 7.90. The summed E-state index contributed by atoms with van der Waals surface area (Å²) in [5.74, 6) is 0.834. The summed E-state index contributed by atoms with van der Waals surface area (Å²) >= 11 is 0. The second-order valence-corrected chi connectivity index (χ2v) is 9.34. The quantitative estimate of drug-likeness (QED) is 0.642. The summed E-state index contributed by atoms with van der Waals surface area (Å²) in [7, 11) is 3.11. The SMILES string of the molecule is COc1ccc(C(=O)N2CCN(C(C(=O)Nc3ccc(C)c(F)c3)C3CCCC3)CC2)c(OC)c1. The first-order valence-corrected chi connectivity index (χ1v) is 12.2. The number of benzene rings is 2. The van der Waals surface area contributed by atoms with Crippen molar-refractivity contribution in [3.8, 4) is 11.5 Å². The van der Waals surface area contributed by atoms with Gasteiger partial charge < -0.3 is 19.7 Å². The van der Waals surface area contributed by atoms with Crippen molar-refractivity contribution in [1.82, 2.24) is 9.80 Å². The minimum atomic E-state index is -0.332. The van der Waals surface area contributed by atoms with E-state index >= 15 is 0 Å². The highest BCUT2D eigenvalue weighted by molar-refractivity contribution is 5.97. The Morgan fingerprint density at radius 3 is 2.34 bits per heavy atom. The maximum Gasteiger partial charge on any atom is 0.257 e. The fraction of sp³-hybridized carbons (Fsp3) is 0.481. The summed E-state index contributed by atoms with van der Waals surface area (Å²) in [5, 5.41) is 2.94. The van der Waals surface area contributed by atoms with Gasteiger partial charge in [0.2, 0.25) is 5.91 Å². The smallest absolute Gasteiger partial charge is 0.257 e. The third kappa shape index (κ3) is 5.59. The molecule has 2 aromatic rings. The molecule has 1 aliphatic carbocycles. The molecule has 2 fully saturated rings. The highest BCUT2D eigenvalue weighted by Gasteiger charge is 2.37. The van der Waals surface area contributed by atoms with Crippen LogP contribution in [0.2, 0.25) is 0 Å². The Morgan fingerprint density at radius 1 is 1.00 bits per heavy atom. The van der Waals surface area contributed by atoms with E-state index < -0.39 is 0 Å². The minimum Gasteiger partial charge on any atom is -0.497 e. The van der Waals surface area contributed by atoms with Crippen molar-refractivity contribution in [2.45, 2.75) is 38.6 Å². The number of halogens is 1. The van der Waals surface area contributed by atoms with Crippen molar-refractivity contribution in [2.75, 3.05) is 45.7 Å². The van der Waals surface area contributed by atoms with E-state index in [0.717, 1.165) is 25.7 Å². The van der Waals surface area contributed by atoms with E-state index in [-0.39, 0.29) is 29.6 Å². The Labute approximate surface area is 206 Å². The van der Waals surface area contributed by atoms with Gasteiger partial charge in [-0.05, 0) is 55.5 Å². The lowest BCUT2D eigenvalue weighted by Crippen LogP contribution is -2.57. The van der Waals surface area contributed by atoms with Gasteiger partial charge in [0.25, 0.3) is 5.91 Å². The van der Waals surface area contributed by atoms with Crippen LogP contribution >= 0.6 is 0 Å². The van der Waals surface area contributed by atoms with Crippen molar-refractivity contribution in [1.29, 1.82) is 0 Å². The number of hydrogen-bond acceptors (Lipinski definition) is 5. The van der Waals surface area contributed by atoms with Gasteiger partial charge in [0, 0.05) is 37.9 Å². The Balaban J connectivity index is 1.45. The van der Waals surface area contributed by atoms with Gasteiger partial charge in [-0.15, -0.1) is 0 Å². The predicted molar refractivity (Wildman–Crippen MR) is 133 cm³/mol. The highest BCUT2D eigenvalue weighted by Crippen LogP contribution is 2.32. The van der Waals surface area contributed by atoms with Gasteiger partial charge >= 0.3 is 0 Å². The molecule has 2 aromatic carbocycles. The number of ether oxygens (including phenoxy) is 2. The predicted octanol–water partition coefficient (Wildman–Crippen LogP) is 4.11. The zero-order valence-corrected chi connectivity index (χ0v) is 20.7. The van der Waals surface area contributed by atoms with Gasteiger partial charge in [-0.3, -0.25) is 14.5 Å². The molecule has 1 unspecified atom stereocenters. The first kappa shape index (κ1) is 25.0. The summed E-state index contributed by atoms with van der Waals surface area (Å²) in [5.41, 5.74) is 1.51. The number of methoxy groups -OCH3 is 2. The Morgan fingerprint density at radius 2 is 1.71 bits per heavy atom. The van der Waals surface area contributed by atoms with Crippen molar-refractivity contribution < 1.29 is 23.5 Å². The number of aryl methyl sites for hydroxylation is 1. The molecule has 0 bridgehead atoms. The summed E-state index contributed by atoms with van der Waals surface area (Å²) in [4.78, 5) is 30.6. The molecule has 1 heterocycles. The molecule has 0 spiro atoms. The number of hydrogen-bond donors (Lipinski definition) is 1. The van der Waals surface area contributed by atoms with E-state index in [2.05, 4.69) is 10.2 Å². The number of piperazine rings is 1. The van der Waals surface area contributed by atoms with Crippen LogP contribution in [0.4, 0.5) is 10.1 Å². The monoisotopic (exact) mass is 483 g/mol. The van der Waals surface area contributed by atoms with E-state index in [4.69, 9.17) is 9.47 Å². The Hall–Kier alpha value is -3.13. The molecule has 0 aromatic heterocycles. The number of amides is 2. The standard InChI is InChI=1S/C27H34FN3O4/c1-18-8-9-20(16-23(18)28)29-26(32)25(19-6-4-5-7-19)30-12-14-31(15-13-30)27(33)22-11-10-21(34-2)17-24(22)35-3/h8-11,16-17,19,25H,4-7,12-15H2,1-3H3,(H,29,32). The fourth-order valence-electron chi connectivity index (χ4n) is 5.19. The summed E-state index contributed by atoms with van der Waals surface area (Å²) < 4.78 is 24.7.